The van der Waals surface area contributed by atoms with Gasteiger partial charge in [-0.25, -0.2) is 9.37 Å². The fourth-order valence-electron chi connectivity index (χ4n) is 2.45. The second-order valence-corrected chi connectivity index (χ2v) is 5.27. The summed E-state index contributed by atoms with van der Waals surface area (Å²) in [5, 5.41) is 3.15. The first-order valence-electron chi connectivity index (χ1n) is 7.91. The predicted molar refractivity (Wildman–Crippen MR) is 94.9 cm³/mol. The lowest BCUT2D eigenvalue weighted by Gasteiger charge is -2.21. The van der Waals surface area contributed by atoms with Crippen LogP contribution in [0.25, 0.3) is 0 Å². The van der Waals surface area contributed by atoms with Crippen molar-refractivity contribution >= 4 is 17.5 Å². The van der Waals surface area contributed by atoms with Crippen LogP contribution in [-0.4, -0.2) is 16.5 Å². The molecule has 3 aromatic rings. The molecule has 1 N–H and O–H groups in total. The molecular weight excluding hydrogens is 303 g/mol. The molecule has 0 amide bonds. The standard InChI is InChI=1S/C19H19FN4/c1-2-24(16-9-4-3-5-10-16)19-21-13-12-18(23-19)22-14-15-8-6-7-11-17(15)20/h3-13H,2,14H2,1H3,(H,21,22,23). The fraction of sp³-hybridized carbons (Fsp3) is 0.158. The smallest absolute Gasteiger partial charge is 0.231 e. The van der Waals surface area contributed by atoms with Crippen LogP contribution in [0.15, 0.2) is 66.9 Å². The minimum Gasteiger partial charge on any atom is -0.366 e. The molecule has 0 bridgehead atoms. The van der Waals surface area contributed by atoms with Gasteiger partial charge >= 0.3 is 0 Å². The van der Waals surface area contributed by atoms with Gasteiger partial charge in [0.05, 0.1) is 0 Å². The molecule has 1 aromatic heterocycles. The van der Waals surface area contributed by atoms with E-state index in [1.165, 1.54) is 6.07 Å². The summed E-state index contributed by atoms with van der Waals surface area (Å²) in [6.07, 6.45) is 1.71. The van der Waals surface area contributed by atoms with E-state index in [2.05, 4.69) is 22.2 Å². The van der Waals surface area contributed by atoms with E-state index in [0.29, 0.717) is 23.9 Å². The molecule has 0 aliphatic carbocycles. The molecule has 1 heterocycles. The molecular formula is C19H19FN4. The van der Waals surface area contributed by atoms with Crippen molar-refractivity contribution in [1.29, 1.82) is 0 Å². The van der Waals surface area contributed by atoms with Gasteiger partial charge in [-0.05, 0) is 31.2 Å². The monoisotopic (exact) mass is 322 g/mol. The number of hydrogen-bond acceptors (Lipinski definition) is 4. The molecule has 0 radical (unpaired) electrons. The Hall–Kier alpha value is -2.95. The maximum Gasteiger partial charge on any atom is 0.231 e. The van der Waals surface area contributed by atoms with Crippen LogP contribution < -0.4 is 10.2 Å². The highest BCUT2D eigenvalue weighted by atomic mass is 19.1. The normalized spacial score (nSPS) is 10.4. The van der Waals surface area contributed by atoms with E-state index in [-0.39, 0.29) is 5.82 Å². The summed E-state index contributed by atoms with van der Waals surface area (Å²) < 4.78 is 13.7. The van der Waals surface area contributed by atoms with E-state index < -0.39 is 0 Å². The molecule has 4 nitrogen and oxygen atoms in total. The molecule has 2 aromatic carbocycles. The van der Waals surface area contributed by atoms with E-state index in [1.807, 2.05) is 41.3 Å². The third-order valence-corrected chi connectivity index (χ3v) is 3.69. The highest BCUT2D eigenvalue weighted by Gasteiger charge is 2.10. The number of halogens is 1. The zero-order valence-electron chi connectivity index (χ0n) is 13.5. The summed E-state index contributed by atoms with van der Waals surface area (Å²) in [7, 11) is 0. The molecule has 0 aliphatic heterocycles. The van der Waals surface area contributed by atoms with E-state index in [1.54, 1.807) is 24.4 Å². The SMILES string of the molecule is CCN(c1ccccc1)c1nccc(NCc2ccccc2F)n1. The number of hydrogen-bond donors (Lipinski definition) is 1. The lowest BCUT2D eigenvalue weighted by Crippen LogP contribution is -2.19. The summed E-state index contributed by atoms with van der Waals surface area (Å²) in [5.74, 6) is 1.05. The van der Waals surface area contributed by atoms with Crippen LogP contribution >= 0.6 is 0 Å². The van der Waals surface area contributed by atoms with Gasteiger partial charge in [0.1, 0.15) is 11.6 Å². The van der Waals surface area contributed by atoms with Crippen LogP contribution in [0.3, 0.4) is 0 Å². The average molecular weight is 322 g/mol. The number of rotatable bonds is 6. The Kier molecular flexibility index (Phi) is 5.01. The largest absolute Gasteiger partial charge is 0.366 e. The molecule has 0 fully saturated rings. The lowest BCUT2D eigenvalue weighted by atomic mass is 10.2. The van der Waals surface area contributed by atoms with Gasteiger partial charge in [-0.3, -0.25) is 0 Å². The van der Waals surface area contributed by atoms with Crippen molar-refractivity contribution in [2.24, 2.45) is 0 Å². The Balaban J connectivity index is 1.77. The Morgan fingerprint density at radius 2 is 1.75 bits per heavy atom. The van der Waals surface area contributed by atoms with Crippen molar-refractivity contribution in [1.82, 2.24) is 9.97 Å². The van der Waals surface area contributed by atoms with E-state index in [0.717, 1.165) is 12.2 Å². The molecule has 122 valence electrons. The highest BCUT2D eigenvalue weighted by molar-refractivity contribution is 5.58. The van der Waals surface area contributed by atoms with Gasteiger partial charge in [-0.15, -0.1) is 0 Å². The minimum atomic E-state index is -0.223. The summed E-state index contributed by atoms with van der Waals surface area (Å²) in [6.45, 7) is 3.18. The molecule has 5 heteroatoms. The molecule has 0 saturated carbocycles. The van der Waals surface area contributed by atoms with Crippen LogP contribution in [0.2, 0.25) is 0 Å². The summed E-state index contributed by atoms with van der Waals surface area (Å²) in [4.78, 5) is 10.9. The number of para-hydroxylation sites is 1. The van der Waals surface area contributed by atoms with Crippen molar-refractivity contribution in [2.45, 2.75) is 13.5 Å². The molecule has 24 heavy (non-hydrogen) atoms. The van der Waals surface area contributed by atoms with Crippen LogP contribution in [0.5, 0.6) is 0 Å². The zero-order valence-corrected chi connectivity index (χ0v) is 13.5. The van der Waals surface area contributed by atoms with Gasteiger partial charge < -0.3 is 10.2 Å². The van der Waals surface area contributed by atoms with Gasteiger partial charge in [-0.2, -0.15) is 4.98 Å². The quantitative estimate of drug-likeness (QED) is 0.731. The summed E-state index contributed by atoms with van der Waals surface area (Å²) in [6, 6.07) is 18.5. The lowest BCUT2D eigenvalue weighted by molar-refractivity contribution is 0.613. The maximum absolute atomic E-state index is 13.7. The third kappa shape index (κ3) is 3.68. The Labute approximate surface area is 141 Å². The van der Waals surface area contributed by atoms with Gasteiger partial charge in [-0.1, -0.05) is 36.4 Å². The maximum atomic E-state index is 13.7. The number of benzene rings is 2. The van der Waals surface area contributed by atoms with Crippen LogP contribution in [-0.2, 0) is 6.54 Å². The first-order chi connectivity index (χ1) is 11.8. The van der Waals surface area contributed by atoms with Crippen molar-refractivity contribution in [3.63, 3.8) is 0 Å². The van der Waals surface area contributed by atoms with Crippen molar-refractivity contribution < 1.29 is 4.39 Å². The zero-order chi connectivity index (χ0) is 16.8. The number of nitrogens with one attached hydrogen (secondary N) is 1. The molecule has 0 saturated heterocycles. The van der Waals surface area contributed by atoms with E-state index >= 15 is 0 Å². The topological polar surface area (TPSA) is 41.1 Å². The second kappa shape index (κ2) is 7.55. The second-order valence-electron chi connectivity index (χ2n) is 5.27. The molecule has 0 aliphatic rings. The van der Waals surface area contributed by atoms with Crippen molar-refractivity contribution in [2.75, 3.05) is 16.8 Å². The number of anilines is 3. The Morgan fingerprint density at radius 1 is 1.00 bits per heavy atom. The van der Waals surface area contributed by atoms with Gasteiger partial charge in [0.2, 0.25) is 5.95 Å². The van der Waals surface area contributed by atoms with Gasteiger partial charge in [0.25, 0.3) is 0 Å². The van der Waals surface area contributed by atoms with Crippen molar-refractivity contribution in [3.05, 3.63) is 78.2 Å². The van der Waals surface area contributed by atoms with Crippen LogP contribution in [0, 0.1) is 5.82 Å². The highest BCUT2D eigenvalue weighted by Crippen LogP contribution is 2.22. The van der Waals surface area contributed by atoms with Crippen molar-refractivity contribution in [3.8, 4) is 0 Å². The third-order valence-electron chi connectivity index (χ3n) is 3.69. The van der Waals surface area contributed by atoms with Crippen LogP contribution in [0.1, 0.15) is 12.5 Å². The Bertz CT molecular complexity index is 792. The Morgan fingerprint density at radius 3 is 2.50 bits per heavy atom. The first kappa shape index (κ1) is 15.9. The molecule has 3 rings (SSSR count). The fourth-order valence-corrected chi connectivity index (χ4v) is 2.45. The van der Waals surface area contributed by atoms with Gasteiger partial charge in [0.15, 0.2) is 0 Å². The average Bonchev–Trinajstić information content (AvgIpc) is 2.63. The van der Waals surface area contributed by atoms with E-state index in [9.17, 15) is 4.39 Å². The molecule has 0 unspecified atom stereocenters. The molecule has 0 atom stereocenters. The summed E-state index contributed by atoms with van der Waals surface area (Å²) >= 11 is 0. The minimum absolute atomic E-state index is 0.223. The number of aromatic nitrogens is 2. The van der Waals surface area contributed by atoms with Gasteiger partial charge in [0, 0.05) is 30.5 Å². The molecule has 0 spiro atoms. The predicted octanol–water partition coefficient (Wildman–Crippen LogP) is 4.39. The number of nitrogens with zero attached hydrogens (tertiary/aromatic N) is 3. The summed E-state index contributed by atoms with van der Waals surface area (Å²) in [5.41, 5.74) is 1.64. The van der Waals surface area contributed by atoms with Crippen LogP contribution in [0.4, 0.5) is 21.8 Å². The van der Waals surface area contributed by atoms with E-state index in [4.69, 9.17) is 0 Å². The first-order valence-corrected chi connectivity index (χ1v) is 7.91.